The van der Waals surface area contributed by atoms with Crippen LogP contribution in [0, 0.1) is 5.92 Å². The summed E-state index contributed by atoms with van der Waals surface area (Å²) in [5.74, 6) is -2.11. The van der Waals surface area contributed by atoms with Gasteiger partial charge in [0.05, 0.1) is 6.10 Å². The normalized spacial score (nSPS) is 30.6. The molecule has 7 nitrogen and oxygen atoms in total. The molecule has 0 amide bonds. The molecule has 5 atom stereocenters. The van der Waals surface area contributed by atoms with Gasteiger partial charge in [-0.05, 0) is 6.08 Å². The molecule has 0 aliphatic carbocycles. The van der Waals surface area contributed by atoms with E-state index < -0.39 is 42.5 Å². The van der Waals surface area contributed by atoms with Gasteiger partial charge in [0.1, 0.15) is 0 Å². The smallest absolute Gasteiger partial charge is 0.305 e. The number of hydrogen-bond acceptors (Lipinski definition) is 7. The van der Waals surface area contributed by atoms with Crippen LogP contribution in [-0.2, 0) is 33.3 Å². The third-order valence-electron chi connectivity index (χ3n) is 3.09. The molecule has 0 radical (unpaired) electrons. The summed E-state index contributed by atoms with van der Waals surface area (Å²) in [6, 6.07) is 0. The van der Waals surface area contributed by atoms with Crippen molar-refractivity contribution in [1.29, 1.82) is 0 Å². The first kappa shape index (κ1) is 17.9. The second-order valence-electron chi connectivity index (χ2n) is 4.96. The average molecular weight is 312 g/mol. The van der Waals surface area contributed by atoms with E-state index in [2.05, 4.69) is 12.3 Å². The fourth-order valence-corrected chi connectivity index (χ4v) is 2.24. The van der Waals surface area contributed by atoms with Crippen molar-refractivity contribution in [2.45, 2.75) is 52.3 Å². The lowest BCUT2D eigenvalue weighted by molar-refractivity contribution is -0.273. The lowest BCUT2D eigenvalue weighted by Gasteiger charge is -2.42. The van der Waals surface area contributed by atoms with Gasteiger partial charge in [-0.1, -0.05) is 13.5 Å². The zero-order valence-corrected chi connectivity index (χ0v) is 13.0. The Morgan fingerprint density at radius 3 is 1.95 bits per heavy atom. The van der Waals surface area contributed by atoms with E-state index in [1.165, 1.54) is 26.8 Å². The van der Waals surface area contributed by atoms with Crippen LogP contribution in [0.3, 0.4) is 0 Å². The first-order valence-electron chi connectivity index (χ1n) is 6.79. The van der Waals surface area contributed by atoms with E-state index in [0.717, 1.165) is 0 Å². The van der Waals surface area contributed by atoms with E-state index in [1.54, 1.807) is 6.92 Å². The Bertz CT molecular complexity index is 476. The molecule has 1 aliphatic rings. The molecule has 1 heterocycles. The predicted molar refractivity (Wildman–Crippen MR) is 74.4 cm³/mol. The van der Waals surface area contributed by atoms with Crippen LogP contribution in [0.2, 0.25) is 0 Å². The molecule has 0 aromatic heterocycles. The van der Waals surface area contributed by atoms with Crippen molar-refractivity contribution in [2.75, 3.05) is 0 Å². The quantitative estimate of drug-likeness (QED) is 0.436. The molecule has 7 heteroatoms. The van der Waals surface area contributed by atoms with Crippen molar-refractivity contribution in [2.24, 2.45) is 5.92 Å². The molecule has 0 aromatic carbocycles. The fourth-order valence-electron chi connectivity index (χ4n) is 2.24. The van der Waals surface area contributed by atoms with Crippen LogP contribution in [-0.4, -0.2) is 42.5 Å². The SMILES string of the molecule is C=C=C[C@@H]1OC(OC(C)=O)[C@@H](OC(C)=O)[C@H](OC(C)=O)[C@@H]1C. The Morgan fingerprint density at radius 2 is 1.50 bits per heavy atom. The van der Waals surface area contributed by atoms with Gasteiger partial charge in [0.15, 0.2) is 6.10 Å². The topological polar surface area (TPSA) is 88.1 Å². The highest BCUT2D eigenvalue weighted by atomic mass is 16.7. The van der Waals surface area contributed by atoms with Crippen LogP contribution in [0.4, 0.5) is 0 Å². The predicted octanol–water partition coefficient (Wildman–Crippen LogP) is 1.11. The number of hydrogen-bond donors (Lipinski definition) is 0. The van der Waals surface area contributed by atoms with E-state index in [0.29, 0.717) is 0 Å². The van der Waals surface area contributed by atoms with Gasteiger partial charge in [0, 0.05) is 26.7 Å². The molecular formula is C15H20O7. The van der Waals surface area contributed by atoms with Crippen LogP contribution in [0.25, 0.3) is 0 Å². The number of rotatable bonds is 4. The molecule has 0 spiro atoms. The Balaban J connectivity index is 3.14. The van der Waals surface area contributed by atoms with Gasteiger partial charge in [-0.25, -0.2) is 0 Å². The Labute approximate surface area is 128 Å². The van der Waals surface area contributed by atoms with Crippen molar-refractivity contribution in [1.82, 2.24) is 0 Å². The summed E-state index contributed by atoms with van der Waals surface area (Å²) in [7, 11) is 0. The molecule has 122 valence electrons. The monoisotopic (exact) mass is 312 g/mol. The number of carbonyl (C=O) groups excluding carboxylic acids is 3. The Hall–Kier alpha value is -2.11. The summed E-state index contributed by atoms with van der Waals surface area (Å²) in [5.41, 5.74) is 2.58. The lowest BCUT2D eigenvalue weighted by atomic mass is 9.90. The maximum atomic E-state index is 11.3. The molecule has 0 aromatic rings. The van der Waals surface area contributed by atoms with Gasteiger partial charge < -0.3 is 18.9 Å². The lowest BCUT2D eigenvalue weighted by Crippen LogP contribution is -2.57. The third-order valence-corrected chi connectivity index (χ3v) is 3.09. The van der Waals surface area contributed by atoms with Crippen LogP contribution < -0.4 is 0 Å². The molecule has 1 rings (SSSR count). The molecule has 22 heavy (non-hydrogen) atoms. The average Bonchev–Trinajstić information content (AvgIpc) is 2.38. The molecule has 0 bridgehead atoms. The largest absolute Gasteiger partial charge is 0.458 e. The van der Waals surface area contributed by atoms with E-state index in [-0.39, 0.29) is 5.92 Å². The zero-order valence-electron chi connectivity index (χ0n) is 13.0. The molecule has 1 unspecified atom stereocenters. The van der Waals surface area contributed by atoms with Crippen molar-refractivity contribution in [3.05, 3.63) is 18.4 Å². The second kappa shape index (κ2) is 7.77. The summed E-state index contributed by atoms with van der Waals surface area (Å²) in [6.07, 6.45) is -2.08. The molecule has 0 saturated carbocycles. The third kappa shape index (κ3) is 4.72. The molecule has 1 fully saturated rings. The zero-order chi connectivity index (χ0) is 16.9. The summed E-state index contributed by atoms with van der Waals surface area (Å²) in [5, 5.41) is 0. The van der Waals surface area contributed by atoms with Gasteiger partial charge in [0.2, 0.25) is 12.4 Å². The van der Waals surface area contributed by atoms with Gasteiger partial charge in [-0.3, -0.25) is 14.4 Å². The summed E-state index contributed by atoms with van der Waals surface area (Å²) >= 11 is 0. The van der Waals surface area contributed by atoms with Crippen molar-refractivity contribution < 1.29 is 33.3 Å². The summed E-state index contributed by atoms with van der Waals surface area (Å²) < 4.78 is 21.0. The van der Waals surface area contributed by atoms with Crippen LogP contribution in [0.15, 0.2) is 18.4 Å². The number of esters is 3. The minimum Gasteiger partial charge on any atom is -0.458 e. The van der Waals surface area contributed by atoms with E-state index >= 15 is 0 Å². The standard InChI is InChI=1S/C15H20O7/c1-6-7-12-8(2)13(19-9(3)16)14(20-10(4)17)15(22-12)21-11(5)18/h7-8,12-15H,1H2,2-5H3/t8-,12+,13-,14+,15?/m1/s1. The Kier molecular flexibility index (Phi) is 6.34. The highest BCUT2D eigenvalue weighted by molar-refractivity contribution is 5.68. The minimum absolute atomic E-state index is 0.352. The number of ether oxygens (including phenoxy) is 4. The highest BCUT2D eigenvalue weighted by Crippen LogP contribution is 2.31. The first-order valence-corrected chi connectivity index (χ1v) is 6.79. The first-order chi connectivity index (χ1) is 10.3. The number of carbonyl (C=O) groups is 3. The second-order valence-corrected chi connectivity index (χ2v) is 4.96. The van der Waals surface area contributed by atoms with E-state index in [9.17, 15) is 14.4 Å². The van der Waals surface area contributed by atoms with Crippen molar-refractivity contribution in [3.8, 4) is 0 Å². The summed E-state index contributed by atoms with van der Waals surface area (Å²) in [4.78, 5) is 33.9. The Morgan fingerprint density at radius 1 is 1.00 bits per heavy atom. The van der Waals surface area contributed by atoms with E-state index in [4.69, 9.17) is 18.9 Å². The van der Waals surface area contributed by atoms with Crippen molar-refractivity contribution >= 4 is 17.9 Å². The van der Waals surface area contributed by atoms with Gasteiger partial charge in [0.25, 0.3) is 0 Å². The van der Waals surface area contributed by atoms with Crippen LogP contribution in [0.5, 0.6) is 0 Å². The van der Waals surface area contributed by atoms with Crippen molar-refractivity contribution in [3.63, 3.8) is 0 Å². The maximum Gasteiger partial charge on any atom is 0.305 e. The molecule has 0 N–H and O–H groups in total. The molecule has 1 aliphatic heterocycles. The van der Waals surface area contributed by atoms with Crippen LogP contribution in [0.1, 0.15) is 27.7 Å². The molecular weight excluding hydrogens is 292 g/mol. The summed E-state index contributed by atoms with van der Waals surface area (Å²) in [6.45, 7) is 8.87. The van der Waals surface area contributed by atoms with Gasteiger partial charge >= 0.3 is 17.9 Å². The van der Waals surface area contributed by atoms with Gasteiger partial charge in [-0.15, -0.1) is 5.73 Å². The fraction of sp³-hybridized carbons (Fsp3) is 0.600. The van der Waals surface area contributed by atoms with Crippen LogP contribution >= 0.6 is 0 Å². The maximum absolute atomic E-state index is 11.3. The van der Waals surface area contributed by atoms with Gasteiger partial charge in [-0.2, -0.15) is 0 Å². The highest BCUT2D eigenvalue weighted by Gasteiger charge is 2.48. The van der Waals surface area contributed by atoms with E-state index in [1.807, 2.05) is 0 Å². The minimum atomic E-state index is -1.18. The molecule has 1 saturated heterocycles.